The first-order valence-corrected chi connectivity index (χ1v) is 6.41. The maximum atomic E-state index is 12.2. The number of hydrogen-bond donors (Lipinski definition) is 1. The zero-order valence-electron chi connectivity index (χ0n) is 10.5. The summed E-state index contributed by atoms with van der Waals surface area (Å²) in [6.45, 7) is 1.96. The van der Waals surface area contributed by atoms with Gasteiger partial charge in [-0.2, -0.15) is 0 Å². The lowest BCUT2D eigenvalue weighted by Crippen LogP contribution is -2.53. The molecule has 0 saturated carbocycles. The molecule has 6 heteroatoms. The highest BCUT2D eigenvalue weighted by atomic mass is 16.5. The summed E-state index contributed by atoms with van der Waals surface area (Å²) in [6.07, 6.45) is 1.97. The number of aromatic nitrogens is 1. The zero-order valence-corrected chi connectivity index (χ0v) is 10.5. The van der Waals surface area contributed by atoms with E-state index >= 15 is 0 Å². The van der Waals surface area contributed by atoms with Crippen molar-refractivity contribution in [2.75, 3.05) is 26.3 Å². The summed E-state index contributed by atoms with van der Waals surface area (Å²) in [7, 11) is 0. The molecule has 1 aromatic heterocycles. The quantitative estimate of drug-likeness (QED) is 0.836. The maximum absolute atomic E-state index is 12.2. The molecule has 1 aromatic rings. The number of aliphatic hydroxyl groups is 1. The van der Waals surface area contributed by atoms with Gasteiger partial charge < -0.3 is 19.5 Å². The Morgan fingerprint density at radius 1 is 1.53 bits per heavy atom. The second-order valence-electron chi connectivity index (χ2n) is 4.82. The largest absolute Gasteiger partial charge is 0.471 e. The smallest absolute Gasteiger partial charge is 0.259 e. The summed E-state index contributed by atoms with van der Waals surface area (Å²) in [4.78, 5) is 17.9. The minimum Gasteiger partial charge on any atom is -0.471 e. The Morgan fingerprint density at radius 2 is 2.37 bits per heavy atom. The normalized spacial score (nSPS) is 23.2. The molecule has 19 heavy (non-hydrogen) atoms. The van der Waals surface area contributed by atoms with E-state index in [1.807, 2.05) is 0 Å². The Morgan fingerprint density at radius 3 is 3.05 bits per heavy atom. The number of nitrogens with zero attached hydrogens (tertiary/aromatic N) is 2. The van der Waals surface area contributed by atoms with Crippen LogP contribution >= 0.6 is 0 Å². The van der Waals surface area contributed by atoms with Crippen LogP contribution in [0.1, 0.15) is 16.8 Å². The molecule has 0 aliphatic carbocycles. The molecule has 0 aromatic carbocycles. The first kappa shape index (κ1) is 12.4. The summed E-state index contributed by atoms with van der Waals surface area (Å²) in [5.41, 5.74) is 0.446. The van der Waals surface area contributed by atoms with Crippen molar-refractivity contribution in [2.45, 2.75) is 18.6 Å². The molecule has 1 N–H and O–H groups in total. The van der Waals surface area contributed by atoms with Crippen molar-refractivity contribution in [1.29, 1.82) is 0 Å². The molecular formula is C13H16N2O4. The van der Waals surface area contributed by atoms with Gasteiger partial charge in [0, 0.05) is 25.7 Å². The van der Waals surface area contributed by atoms with Gasteiger partial charge in [-0.25, -0.2) is 4.98 Å². The third kappa shape index (κ3) is 2.54. The molecule has 1 atom stereocenters. The molecule has 1 amide bonds. The third-order valence-electron chi connectivity index (χ3n) is 3.32. The molecule has 0 bridgehead atoms. The van der Waals surface area contributed by atoms with Gasteiger partial charge in [-0.05, 0) is 12.1 Å². The van der Waals surface area contributed by atoms with Gasteiger partial charge in [0.25, 0.3) is 5.91 Å². The van der Waals surface area contributed by atoms with Gasteiger partial charge in [0.1, 0.15) is 11.7 Å². The number of carbonyl (C=O) groups is 1. The molecule has 2 aliphatic heterocycles. The van der Waals surface area contributed by atoms with E-state index in [0.29, 0.717) is 37.7 Å². The van der Waals surface area contributed by atoms with Crippen LogP contribution in [-0.2, 0) is 4.74 Å². The number of amides is 1. The van der Waals surface area contributed by atoms with Gasteiger partial charge in [0.05, 0.1) is 19.3 Å². The topological polar surface area (TPSA) is 71.9 Å². The molecule has 3 heterocycles. The highest BCUT2D eigenvalue weighted by Crippen LogP contribution is 2.22. The lowest BCUT2D eigenvalue weighted by atomic mass is 10.1. The molecule has 2 aliphatic rings. The van der Waals surface area contributed by atoms with Gasteiger partial charge in [-0.3, -0.25) is 4.79 Å². The summed E-state index contributed by atoms with van der Waals surface area (Å²) in [5, 5.41) is 9.26. The lowest BCUT2D eigenvalue weighted by Gasteiger charge is -2.36. The second kappa shape index (κ2) is 5.14. The maximum Gasteiger partial charge on any atom is 0.259 e. The van der Waals surface area contributed by atoms with Crippen molar-refractivity contribution in [3.05, 3.63) is 23.9 Å². The Kier molecular flexibility index (Phi) is 3.35. The first-order valence-electron chi connectivity index (χ1n) is 6.41. The minimum atomic E-state index is -0.409. The van der Waals surface area contributed by atoms with E-state index in [9.17, 15) is 9.90 Å². The first-order chi connectivity index (χ1) is 9.24. The summed E-state index contributed by atoms with van der Waals surface area (Å²) < 4.78 is 11.0. The molecular weight excluding hydrogens is 248 g/mol. The molecule has 6 nitrogen and oxygen atoms in total. The van der Waals surface area contributed by atoms with Crippen molar-refractivity contribution < 1.29 is 19.4 Å². The van der Waals surface area contributed by atoms with Gasteiger partial charge in [-0.1, -0.05) is 0 Å². The van der Waals surface area contributed by atoms with Crippen LogP contribution in [0.4, 0.5) is 0 Å². The number of pyridine rings is 1. The van der Waals surface area contributed by atoms with Crippen LogP contribution in [0.15, 0.2) is 18.3 Å². The number of hydrogen-bond acceptors (Lipinski definition) is 5. The van der Waals surface area contributed by atoms with Crippen LogP contribution in [0.3, 0.4) is 0 Å². The van der Waals surface area contributed by atoms with Crippen molar-refractivity contribution in [3.8, 4) is 5.88 Å². The number of aliphatic hydroxyl groups excluding tert-OH is 1. The zero-order chi connectivity index (χ0) is 13.2. The van der Waals surface area contributed by atoms with E-state index in [1.165, 1.54) is 0 Å². The number of β-amino-alcohol motifs (C(OH)–C–C–N with tert-alkyl or cyclic N) is 1. The average molecular weight is 264 g/mol. The summed E-state index contributed by atoms with van der Waals surface area (Å²) in [6, 6.07) is 3.41. The SMILES string of the molecule is O=C(c1cccnc1O[C@H]1CCOC1)N1CC(O)C1. The van der Waals surface area contributed by atoms with Crippen LogP contribution in [0.5, 0.6) is 5.88 Å². The predicted molar refractivity (Wildman–Crippen MR) is 66.0 cm³/mol. The van der Waals surface area contributed by atoms with Crippen molar-refractivity contribution in [3.63, 3.8) is 0 Å². The van der Waals surface area contributed by atoms with E-state index in [0.717, 1.165) is 6.42 Å². The van der Waals surface area contributed by atoms with Gasteiger partial charge in [0.2, 0.25) is 5.88 Å². The fourth-order valence-corrected chi connectivity index (χ4v) is 2.20. The van der Waals surface area contributed by atoms with Crippen LogP contribution in [0.2, 0.25) is 0 Å². The van der Waals surface area contributed by atoms with Crippen molar-refractivity contribution in [1.82, 2.24) is 9.88 Å². The fraction of sp³-hybridized carbons (Fsp3) is 0.538. The summed E-state index contributed by atoms with van der Waals surface area (Å²) in [5.74, 6) is 0.205. The van der Waals surface area contributed by atoms with E-state index in [-0.39, 0.29) is 12.0 Å². The van der Waals surface area contributed by atoms with Crippen molar-refractivity contribution >= 4 is 5.91 Å². The highest BCUT2D eigenvalue weighted by molar-refractivity contribution is 5.96. The Labute approximate surface area is 111 Å². The molecule has 0 unspecified atom stereocenters. The Balaban J connectivity index is 1.74. The van der Waals surface area contributed by atoms with Gasteiger partial charge in [-0.15, -0.1) is 0 Å². The van der Waals surface area contributed by atoms with E-state index in [1.54, 1.807) is 23.2 Å². The van der Waals surface area contributed by atoms with E-state index in [2.05, 4.69) is 4.98 Å². The molecule has 0 radical (unpaired) electrons. The number of likely N-dealkylation sites (tertiary alicyclic amines) is 1. The number of rotatable bonds is 3. The van der Waals surface area contributed by atoms with Gasteiger partial charge >= 0.3 is 0 Å². The molecule has 2 saturated heterocycles. The van der Waals surface area contributed by atoms with E-state index in [4.69, 9.17) is 9.47 Å². The van der Waals surface area contributed by atoms with Crippen LogP contribution < -0.4 is 4.74 Å². The highest BCUT2D eigenvalue weighted by Gasteiger charge is 2.32. The average Bonchev–Trinajstić information content (AvgIpc) is 2.88. The number of carbonyl (C=O) groups excluding carboxylic acids is 1. The molecule has 0 spiro atoms. The Bertz CT molecular complexity index is 467. The minimum absolute atomic E-state index is 0.0385. The molecule has 3 rings (SSSR count). The fourth-order valence-electron chi connectivity index (χ4n) is 2.20. The molecule has 2 fully saturated rings. The van der Waals surface area contributed by atoms with E-state index < -0.39 is 6.10 Å². The predicted octanol–water partition coefficient (Wildman–Crippen LogP) is 0.0660. The molecule has 102 valence electrons. The van der Waals surface area contributed by atoms with Crippen molar-refractivity contribution in [2.24, 2.45) is 0 Å². The summed E-state index contributed by atoms with van der Waals surface area (Å²) >= 11 is 0. The number of ether oxygens (including phenoxy) is 2. The third-order valence-corrected chi connectivity index (χ3v) is 3.32. The second-order valence-corrected chi connectivity index (χ2v) is 4.82. The standard InChI is InChI=1S/C13H16N2O4/c16-9-6-15(7-9)13(17)11-2-1-4-14-12(11)19-10-3-5-18-8-10/h1-2,4,9-10,16H,3,5-8H2/t10-/m0/s1. The van der Waals surface area contributed by atoms with Crippen LogP contribution in [0, 0.1) is 0 Å². The lowest BCUT2D eigenvalue weighted by molar-refractivity contribution is 0.00544. The van der Waals surface area contributed by atoms with Crippen LogP contribution in [-0.4, -0.2) is 59.4 Å². The monoisotopic (exact) mass is 264 g/mol. The van der Waals surface area contributed by atoms with Gasteiger partial charge in [0.15, 0.2) is 0 Å². The van der Waals surface area contributed by atoms with Crippen LogP contribution in [0.25, 0.3) is 0 Å². The Hall–Kier alpha value is -1.66.